The number of ether oxygens (including phenoxy) is 1. The van der Waals surface area contributed by atoms with Crippen LogP contribution in [0.25, 0.3) is 0 Å². The van der Waals surface area contributed by atoms with Crippen molar-refractivity contribution in [3.05, 3.63) is 29.8 Å². The van der Waals surface area contributed by atoms with Crippen LogP contribution in [0, 0.1) is 5.92 Å². The van der Waals surface area contributed by atoms with Crippen LogP contribution < -0.4 is 27.0 Å². The van der Waals surface area contributed by atoms with Crippen LogP contribution in [0.5, 0.6) is 0 Å². The number of rotatable bonds is 11. The summed E-state index contributed by atoms with van der Waals surface area (Å²) in [6.45, 7) is 11.9. The summed E-state index contributed by atoms with van der Waals surface area (Å²) in [4.78, 5) is 44.9. The minimum absolute atomic E-state index is 0.100. The van der Waals surface area contributed by atoms with Crippen LogP contribution >= 0.6 is 0 Å². The zero-order valence-electron chi connectivity index (χ0n) is 20.5. The van der Waals surface area contributed by atoms with Gasteiger partial charge in [0.25, 0.3) is 0 Å². The molecule has 10 nitrogen and oxygen atoms in total. The van der Waals surface area contributed by atoms with Gasteiger partial charge in [0, 0.05) is 25.2 Å². The van der Waals surface area contributed by atoms with Crippen molar-refractivity contribution in [3.63, 3.8) is 0 Å². The Morgan fingerprint density at radius 3 is 2.03 bits per heavy atom. The van der Waals surface area contributed by atoms with Gasteiger partial charge in [-0.15, -0.1) is 0 Å². The SMILES string of the molecule is CC(=O)OCc1ccc(NC(=O)CNC(=O)C(NC(C)C)C(C)C)cc1.CCCNC(N)=O. The second kappa shape index (κ2) is 16.5. The van der Waals surface area contributed by atoms with E-state index in [-0.39, 0.29) is 48.9 Å². The van der Waals surface area contributed by atoms with E-state index >= 15 is 0 Å². The van der Waals surface area contributed by atoms with E-state index in [1.165, 1.54) is 6.92 Å². The molecule has 0 spiro atoms. The molecule has 0 aromatic heterocycles. The highest BCUT2D eigenvalue weighted by molar-refractivity contribution is 5.95. The highest BCUT2D eigenvalue weighted by Gasteiger charge is 2.22. The topological polar surface area (TPSA) is 152 Å². The van der Waals surface area contributed by atoms with Crippen molar-refractivity contribution in [3.8, 4) is 0 Å². The van der Waals surface area contributed by atoms with Gasteiger partial charge in [-0.1, -0.05) is 46.8 Å². The van der Waals surface area contributed by atoms with Crippen molar-refractivity contribution in [1.29, 1.82) is 0 Å². The first kappa shape index (κ1) is 29.9. The van der Waals surface area contributed by atoms with Gasteiger partial charge in [-0.25, -0.2) is 4.79 Å². The molecule has 1 atom stereocenters. The summed E-state index contributed by atoms with van der Waals surface area (Å²) in [5.41, 5.74) is 6.16. The predicted molar refractivity (Wildman–Crippen MR) is 128 cm³/mol. The maximum absolute atomic E-state index is 12.3. The molecule has 1 aromatic carbocycles. The Morgan fingerprint density at radius 2 is 1.61 bits per heavy atom. The van der Waals surface area contributed by atoms with Crippen LogP contribution in [0.3, 0.4) is 0 Å². The summed E-state index contributed by atoms with van der Waals surface area (Å²) in [5, 5.41) is 11.0. The van der Waals surface area contributed by atoms with Crippen molar-refractivity contribution < 1.29 is 23.9 Å². The molecule has 1 aromatic rings. The Morgan fingerprint density at radius 1 is 1.00 bits per heavy atom. The Bertz CT molecular complexity index is 750. The smallest absolute Gasteiger partial charge is 0.312 e. The minimum Gasteiger partial charge on any atom is -0.461 e. The second-order valence-corrected chi connectivity index (χ2v) is 8.08. The van der Waals surface area contributed by atoms with Gasteiger partial charge in [0.2, 0.25) is 11.8 Å². The van der Waals surface area contributed by atoms with Crippen LogP contribution in [0.2, 0.25) is 0 Å². The first-order chi connectivity index (χ1) is 15.5. The first-order valence-electron chi connectivity index (χ1n) is 11.0. The van der Waals surface area contributed by atoms with Crippen LogP contribution in [0.4, 0.5) is 10.5 Å². The fraction of sp³-hybridized carbons (Fsp3) is 0.565. The highest BCUT2D eigenvalue weighted by atomic mass is 16.5. The lowest BCUT2D eigenvalue weighted by molar-refractivity contribution is -0.142. The van der Waals surface area contributed by atoms with Gasteiger partial charge in [0.05, 0.1) is 12.6 Å². The van der Waals surface area contributed by atoms with Crippen molar-refractivity contribution in [2.24, 2.45) is 11.7 Å². The third-order valence-electron chi connectivity index (χ3n) is 4.11. The maximum Gasteiger partial charge on any atom is 0.312 e. The summed E-state index contributed by atoms with van der Waals surface area (Å²) in [5.74, 6) is -0.728. The summed E-state index contributed by atoms with van der Waals surface area (Å²) in [6, 6.07) is 6.35. The lowest BCUT2D eigenvalue weighted by atomic mass is 10.0. The molecule has 186 valence electrons. The fourth-order valence-electron chi connectivity index (χ4n) is 2.53. The van der Waals surface area contributed by atoms with E-state index < -0.39 is 6.03 Å². The number of carbonyl (C=O) groups excluding carboxylic acids is 4. The van der Waals surface area contributed by atoms with E-state index in [0.29, 0.717) is 12.2 Å². The molecule has 0 saturated carbocycles. The van der Waals surface area contributed by atoms with Gasteiger partial charge in [0.1, 0.15) is 6.61 Å². The molecule has 0 aliphatic rings. The fourth-order valence-corrected chi connectivity index (χ4v) is 2.53. The number of anilines is 1. The highest BCUT2D eigenvalue weighted by Crippen LogP contribution is 2.10. The van der Waals surface area contributed by atoms with Gasteiger partial charge in [-0.2, -0.15) is 0 Å². The van der Waals surface area contributed by atoms with Gasteiger partial charge in [-0.05, 0) is 30.0 Å². The molecule has 0 fully saturated rings. The predicted octanol–water partition coefficient (Wildman–Crippen LogP) is 1.89. The number of benzene rings is 1. The third kappa shape index (κ3) is 15.3. The molecule has 0 heterocycles. The molecule has 1 unspecified atom stereocenters. The molecule has 33 heavy (non-hydrogen) atoms. The molecule has 10 heteroatoms. The van der Waals surface area contributed by atoms with Crippen LogP contribution in [0.15, 0.2) is 24.3 Å². The van der Waals surface area contributed by atoms with Crippen molar-refractivity contribution in [2.75, 3.05) is 18.4 Å². The van der Waals surface area contributed by atoms with E-state index in [4.69, 9.17) is 10.5 Å². The Labute approximate surface area is 196 Å². The average molecular weight is 466 g/mol. The lowest BCUT2D eigenvalue weighted by Gasteiger charge is -2.23. The molecular formula is C23H39N5O5. The number of primary amides is 1. The molecular weight excluding hydrogens is 426 g/mol. The number of carbonyl (C=O) groups is 4. The van der Waals surface area contributed by atoms with Crippen molar-refractivity contribution in [1.82, 2.24) is 16.0 Å². The van der Waals surface area contributed by atoms with Gasteiger partial charge < -0.3 is 31.7 Å². The molecule has 0 aliphatic carbocycles. The largest absolute Gasteiger partial charge is 0.461 e. The monoisotopic (exact) mass is 465 g/mol. The second-order valence-electron chi connectivity index (χ2n) is 8.08. The maximum atomic E-state index is 12.3. The zero-order valence-corrected chi connectivity index (χ0v) is 20.5. The first-order valence-corrected chi connectivity index (χ1v) is 11.0. The van der Waals surface area contributed by atoms with Gasteiger partial charge in [0.15, 0.2) is 0 Å². The average Bonchev–Trinajstić information content (AvgIpc) is 2.74. The summed E-state index contributed by atoms with van der Waals surface area (Å²) in [6.07, 6.45) is 0.933. The lowest BCUT2D eigenvalue weighted by Crippen LogP contribution is -2.51. The summed E-state index contributed by atoms with van der Waals surface area (Å²) in [7, 11) is 0. The van der Waals surface area contributed by atoms with E-state index in [2.05, 4.69) is 21.3 Å². The Kier molecular flexibility index (Phi) is 14.9. The normalized spacial score (nSPS) is 11.2. The number of hydrogen-bond acceptors (Lipinski definition) is 6. The minimum atomic E-state index is -0.443. The van der Waals surface area contributed by atoms with Crippen LogP contribution in [-0.2, 0) is 25.7 Å². The molecule has 1 rings (SSSR count). The van der Waals surface area contributed by atoms with Crippen molar-refractivity contribution >= 4 is 29.5 Å². The van der Waals surface area contributed by atoms with Crippen molar-refractivity contribution in [2.45, 2.75) is 66.7 Å². The van der Waals surface area contributed by atoms with Crippen LogP contribution in [0.1, 0.15) is 53.5 Å². The Hall–Kier alpha value is -3.14. The van der Waals surface area contributed by atoms with Gasteiger partial charge in [-0.3, -0.25) is 14.4 Å². The number of amides is 4. The number of nitrogens with one attached hydrogen (secondary N) is 4. The van der Waals surface area contributed by atoms with E-state index in [1.54, 1.807) is 24.3 Å². The molecule has 0 aliphatic heterocycles. The summed E-state index contributed by atoms with van der Waals surface area (Å²) >= 11 is 0. The van der Waals surface area contributed by atoms with E-state index in [1.807, 2.05) is 34.6 Å². The molecule has 0 bridgehead atoms. The van der Waals surface area contributed by atoms with E-state index in [9.17, 15) is 19.2 Å². The number of esters is 1. The Balaban J connectivity index is 0.00000126. The molecule has 4 amide bonds. The number of hydrogen-bond donors (Lipinski definition) is 5. The molecule has 0 saturated heterocycles. The van der Waals surface area contributed by atoms with Gasteiger partial charge >= 0.3 is 12.0 Å². The molecule has 0 radical (unpaired) electrons. The molecule has 6 N–H and O–H groups in total. The quantitative estimate of drug-likeness (QED) is 0.315. The van der Waals surface area contributed by atoms with Crippen LogP contribution in [-0.4, -0.2) is 49.0 Å². The number of nitrogens with two attached hydrogens (primary N) is 1. The zero-order chi connectivity index (χ0) is 25.4. The number of urea groups is 1. The standard InChI is InChI=1S/C19H29N3O4.C4H10N2O/c1-12(2)18(21-13(3)4)19(25)20-10-17(24)22-16-8-6-15(7-9-16)11-26-14(5)23;1-2-3-6-4(5)7/h6-9,12-13,18,21H,10-11H2,1-5H3,(H,20,25)(H,22,24);2-3H2,1H3,(H3,5,6,7). The third-order valence-corrected chi connectivity index (χ3v) is 4.11. The van der Waals surface area contributed by atoms with E-state index in [0.717, 1.165) is 12.0 Å². The summed E-state index contributed by atoms with van der Waals surface area (Å²) < 4.78 is 4.90.